The van der Waals surface area contributed by atoms with Crippen LogP contribution in [0, 0.1) is 24.0 Å². The van der Waals surface area contributed by atoms with Crippen LogP contribution in [0.15, 0.2) is 85.2 Å². The number of aromatic amines is 1. The van der Waals surface area contributed by atoms with Gasteiger partial charge in [-0.05, 0) is 142 Å². The first-order valence-electron chi connectivity index (χ1n) is 24.6. The standard InChI is InChI=1S/C55H59F2N9O7/c1-33-40(29-38(56)30-43(33)62-51(69)39-11-10-37(28-42(39)57)54(2,3)73-48(68)13-20-58)49-41-31-44(61-50(41)60-32-59-49)35-7-5-34(6-8-35)14-21-64-23-16-55(17-24-64)18-25-65(26-19-55)52(70)36-9-12-46(72-4)45(27-36)66-22-15-47(67)63-53(66)71/h5-12,27-32H,13-26,58H2,1-4H3,(H,62,69)(H,59,60,61)(H,63,67,71). The van der Waals surface area contributed by atoms with Crippen LogP contribution in [-0.2, 0) is 26.3 Å². The van der Waals surface area contributed by atoms with Crippen LogP contribution in [-0.4, -0.2) is 107 Å². The number of carbonyl (C=O) groups is 5. The molecule has 5 N–H and O–H groups in total. The van der Waals surface area contributed by atoms with E-state index < -0.39 is 35.1 Å². The summed E-state index contributed by atoms with van der Waals surface area (Å²) in [5, 5.41) is 5.67. The third-order valence-electron chi connectivity index (χ3n) is 14.7. The van der Waals surface area contributed by atoms with Gasteiger partial charge in [-0.25, -0.2) is 23.5 Å². The van der Waals surface area contributed by atoms with Crippen molar-refractivity contribution in [3.05, 3.63) is 125 Å². The molecule has 18 heteroatoms. The molecule has 0 radical (unpaired) electrons. The topological polar surface area (TPSA) is 205 Å². The van der Waals surface area contributed by atoms with Crippen molar-refractivity contribution in [2.75, 3.05) is 63.1 Å². The van der Waals surface area contributed by atoms with Crippen LogP contribution in [0.4, 0.5) is 25.0 Å². The van der Waals surface area contributed by atoms with Crippen molar-refractivity contribution in [2.45, 2.75) is 71.3 Å². The maximum atomic E-state index is 15.4. The molecule has 0 bridgehead atoms. The number of carbonyl (C=O) groups excluding carboxylic acids is 5. The maximum Gasteiger partial charge on any atom is 0.328 e. The van der Waals surface area contributed by atoms with E-state index >= 15 is 8.78 Å². The van der Waals surface area contributed by atoms with Gasteiger partial charge in [-0.1, -0.05) is 30.3 Å². The van der Waals surface area contributed by atoms with Crippen molar-refractivity contribution in [1.82, 2.24) is 30.1 Å². The molecular formula is C55H59F2N9O7. The van der Waals surface area contributed by atoms with Gasteiger partial charge >= 0.3 is 12.0 Å². The first-order chi connectivity index (χ1) is 35.0. The van der Waals surface area contributed by atoms with Gasteiger partial charge in [-0.3, -0.25) is 29.4 Å². The molecule has 2 aromatic heterocycles. The fraction of sp³-hybridized carbons (Fsp3) is 0.364. The number of likely N-dealkylation sites (tertiary alicyclic amines) is 2. The number of nitrogens with one attached hydrogen (secondary N) is 3. The smallest absolute Gasteiger partial charge is 0.328 e. The Hall–Kier alpha value is -7.57. The lowest BCUT2D eigenvalue weighted by Crippen LogP contribution is -2.50. The second kappa shape index (κ2) is 20.9. The number of methoxy groups -OCH3 is 1. The van der Waals surface area contributed by atoms with Gasteiger partial charge in [0.05, 0.1) is 30.5 Å². The number of rotatable bonds is 14. The highest BCUT2D eigenvalue weighted by Gasteiger charge is 2.39. The van der Waals surface area contributed by atoms with Crippen molar-refractivity contribution in [1.29, 1.82) is 0 Å². The lowest BCUT2D eigenvalue weighted by molar-refractivity contribution is -0.157. The van der Waals surface area contributed by atoms with Crippen LogP contribution >= 0.6 is 0 Å². The Morgan fingerprint density at radius 2 is 1.63 bits per heavy atom. The summed E-state index contributed by atoms with van der Waals surface area (Å²) >= 11 is 0. The van der Waals surface area contributed by atoms with E-state index in [0.717, 1.165) is 69.1 Å². The number of aromatic nitrogens is 3. The minimum absolute atomic E-state index is 0.00937. The Morgan fingerprint density at radius 3 is 2.33 bits per heavy atom. The zero-order chi connectivity index (χ0) is 51.6. The van der Waals surface area contributed by atoms with Crippen LogP contribution in [0.2, 0.25) is 0 Å². The molecule has 0 aliphatic carbocycles. The van der Waals surface area contributed by atoms with Crippen LogP contribution in [0.1, 0.15) is 89.8 Å². The Kier molecular flexibility index (Phi) is 14.4. The summed E-state index contributed by atoms with van der Waals surface area (Å²) in [4.78, 5) is 81.9. The summed E-state index contributed by atoms with van der Waals surface area (Å²) in [6.07, 6.45) is 6.49. The molecule has 16 nitrogen and oxygen atoms in total. The number of urea groups is 1. The highest BCUT2D eigenvalue weighted by Crippen LogP contribution is 2.42. The summed E-state index contributed by atoms with van der Waals surface area (Å²) in [6.45, 7) is 9.53. The number of amides is 5. The summed E-state index contributed by atoms with van der Waals surface area (Å²) in [7, 11) is 1.51. The van der Waals surface area contributed by atoms with Crippen molar-refractivity contribution < 1.29 is 42.2 Å². The van der Waals surface area contributed by atoms with Gasteiger partial charge in [-0.2, -0.15) is 0 Å². The minimum atomic E-state index is -1.17. The first kappa shape index (κ1) is 50.4. The number of nitrogens with zero attached hydrogens (tertiary/aromatic N) is 5. The van der Waals surface area contributed by atoms with Crippen LogP contribution in [0.25, 0.3) is 33.5 Å². The van der Waals surface area contributed by atoms with Gasteiger partial charge in [0.25, 0.3) is 11.8 Å². The molecule has 4 aromatic carbocycles. The summed E-state index contributed by atoms with van der Waals surface area (Å²) in [5.74, 6) is -2.73. The molecule has 3 saturated heterocycles. The van der Waals surface area contributed by atoms with Crippen LogP contribution in [0.5, 0.6) is 5.75 Å². The molecule has 5 heterocycles. The largest absolute Gasteiger partial charge is 0.495 e. The number of hydrogen-bond acceptors (Lipinski definition) is 11. The summed E-state index contributed by atoms with van der Waals surface area (Å²) in [5.41, 5.74) is 10.5. The van der Waals surface area contributed by atoms with Crippen LogP contribution in [0.3, 0.4) is 0 Å². The fourth-order valence-corrected chi connectivity index (χ4v) is 10.2. The van der Waals surface area contributed by atoms with Crippen molar-refractivity contribution >= 4 is 52.1 Å². The Labute approximate surface area is 421 Å². The number of nitrogens with two attached hydrogens (primary N) is 1. The number of piperidine rings is 2. The van der Waals surface area contributed by atoms with E-state index in [1.54, 1.807) is 39.0 Å². The average Bonchev–Trinajstić information content (AvgIpc) is 3.82. The Morgan fingerprint density at radius 1 is 0.890 bits per heavy atom. The van der Waals surface area contributed by atoms with Gasteiger partial charge in [0, 0.05) is 67.0 Å². The number of H-pyrrole nitrogens is 1. The van der Waals surface area contributed by atoms with Gasteiger partial charge in [0.15, 0.2) is 0 Å². The fourth-order valence-electron chi connectivity index (χ4n) is 10.2. The van der Waals surface area contributed by atoms with E-state index in [9.17, 15) is 24.0 Å². The van der Waals surface area contributed by atoms with E-state index in [-0.39, 0.29) is 54.4 Å². The number of anilines is 2. The van der Waals surface area contributed by atoms with E-state index in [4.69, 9.17) is 15.2 Å². The number of esters is 1. The molecule has 380 valence electrons. The lowest BCUT2D eigenvalue weighted by Gasteiger charge is -2.47. The zero-order valence-electron chi connectivity index (χ0n) is 41.4. The molecule has 0 atom stereocenters. The zero-order valence-corrected chi connectivity index (χ0v) is 41.4. The van der Waals surface area contributed by atoms with Crippen LogP contribution < -0.4 is 26.0 Å². The maximum absolute atomic E-state index is 15.4. The average molecular weight is 996 g/mol. The van der Waals surface area contributed by atoms with E-state index in [0.29, 0.717) is 63.5 Å². The Balaban J connectivity index is 0.793. The minimum Gasteiger partial charge on any atom is -0.495 e. The molecule has 3 aliphatic rings. The molecular weight excluding hydrogens is 937 g/mol. The van der Waals surface area contributed by atoms with E-state index in [2.05, 4.69) is 54.8 Å². The van der Waals surface area contributed by atoms with E-state index in [1.165, 1.54) is 48.2 Å². The molecule has 3 aliphatic heterocycles. The Bertz CT molecular complexity index is 3100. The third-order valence-corrected chi connectivity index (χ3v) is 14.7. The predicted octanol–water partition coefficient (Wildman–Crippen LogP) is 8.27. The quantitative estimate of drug-likeness (QED) is 0.0765. The SMILES string of the molecule is COc1ccc(C(=O)N2CCC3(CCN(CCc4ccc(-c5cc6c(-c7cc(F)cc(NC(=O)c8ccc(C(C)(C)OC(=O)CCN)cc8F)c7C)ncnc6[nH]5)cc4)CC3)CC2)cc1N1CCC(=O)NC1=O. The number of hydrogen-bond donors (Lipinski definition) is 4. The third kappa shape index (κ3) is 10.8. The highest BCUT2D eigenvalue weighted by molar-refractivity contribution is 6.08. The predicted molar refractivity (Wildman–Crippen MR) is 272 cm³/mol. The number of halogens is 2. The number of benzene rings is 4. The molecule has 73 heavy (non-hydrogen) atoms. The van der Waals surface area contributed by atoms with Crippen molar-refractivity contribution in [2.24, 2.45) is 11.1 Å². The van der Waals surface area contributed by atoms with Gasteiger partial charge in [-0.15, -0.1) is 0 Å². The van der Waals surface area contributed by atoms with Gasteiger partial charge < -0.3 is 35.3 Å². The van der Waals surface area contributed by atoms with E-state index in [1.807, 2.05) is 11.0 Å². The number of ether oxygens (including phenoxy) is 2. The molecule has 3 fully saturated rings. The first-order valence-corrected chi connectivity index (χ1v) is 24.6. The normalized spacial score (nSPS) is 16.2. The molecule has 1 spiro atoms. The molecule has 5 amide bonds. The molecule has 0 unspecified atom stereocenters. The van der Waals surface area contributed by atoms with Crippen molar-refractivity contribution in [3.8, 4) is 28.3 Å². The monoisotopic (exact) mass is 995 g/mol. The second-order valence-corrected chi connectivity index (χ2v) is 19.7. The highest BCUT2D eigenvalue weighted by atomic mass is 19.1. The lowest BCUT2D eigenvalue weighted by atomic mass is 9.71. The summed E-state index contributed by atoms with van der Waals surface area (Å²) in [6, 6.07) is 21.4. The number of fused-ring (bicyclic) bond motifs is 1. The van der Waals surface area contributed by atoms with Crippen molar-refractivity contribution in [3.63, 3.8) is 0 Å². The summed E-state index contributed by atoms with van der Waals surface area (Å²) < 4.78 is 41.8. The number of imide groups is 1. The van der Waals surface area contributed by atoms with Gasteiger partial charge in [0.1, 0.15) is 35.0 Å². The molecule has 0 saturated carbocycles. The second-order valence-electron chi connectivity index (χ2n) is 19.7. The van der Waals surface area contributed by atoms with Gasteiger partial charge in [0.2, 0.25) is 5.91 Å². The molecule has 6 aromatic rings. The molecule has 9 rings (SSSR count).